The third-order valence-electron chi connectivity index (χ3n) is 3.89. The minimum absolute atomic E-state index is 0.356. The molecule has 0 radical (unpaired) electrons. The standard InChI is InChI=1S/C16H16N2O4/c1-22-13-9-11-5-3-2-4-10(11)8-12(13)14(19)17-18-16(6-7-16)15(20)21/h2-5,8-9,18H,6-7H2,1H3,(H,17,19)(H,20,21). The number of carboxylic acids is 1. The lowest BCUT2D eigenvalue weighted by atomic mass is 10.1. The molecule has 6 nitrogen and oxygen atoms in total. The number of nitrogens with one attached hydrogen (secondary N) is 2. The number of hydrogen-bond donors (Lipinski definition) is 3. The highest BCUT2D eigenvalue weighted by Crippen LogP contribution is 2.35. The molecule has 6 heteroatoms. The van der Waals surface area contributed by atoms with Crippen LogP contribution >= 0.6 is 0 Å². The Bertz CT molecular complexity index is 753. The summed E-state index contributed by atoms with van der Waals surface area (Å²) in [5.41, 5.74) is 4.41. The number of hydrogen-bond acceptors (Lipinski definition) is 4. The lowest BCUT2D eigenvalue weighted by molar-refractivity contribution is -0.140. The fourth-order valence-electron chi connectivity index (χ4n) is 2.33. The molecule has 3 rings (SSSR count). The molecule has 2 aromatic rings. The highest BCUT2D eigenvalue weighted by molar-refractivity contribution is 6.01. The Kier molecular flexibility index (Phi) is 3.46. The van der Waals surface area contributed by atoms with Crippen molar-refractivity contribution in [3.63, 3.8) is 0 Å². The second kappa shape index (κ2) is 5.31. The number of carboxylic acid groups (broad SMARTS) is 1. The van der Waals surface area contributed by atoms with E-state index < -0.39 is 17.4 Å². The number of ether oxygens (including phenoxy) is 1. The van der Waals surface area contributed by atoms with Gasteiger partial charge in [0.05, 0.1) is 12.7 Å². The number of methoxy groups -OCH3 is 1. The molecule has 0 aliphatic heterocycles. The van der Waals surface area contributed by atoms with E-state index in [4.69, 9.17) is 9.84 Å². The average molecular weight is 300 g/mol. The molecule has 0 bridgehead atoms. The van der Waals surface area contributed by atoms with E-state index in [9.17, 15) is 9.59 Å². The molecule has 2 aromatic carbocycles. The van der Waals surface area contributed by atoms with Gasteiger partial charge < -0.3 is 9.84 Å². The summed E-state index contributed by atoms with van der Waals surface area (Å²) < 4.78 is 5.26. The molecule has 22 heavy (non-hydrogen) atoms. The van der Waals surface area contributed by atoms with Crippen LogP contribution in [0.3, 0.4) is 0 Å². The van der Waals surface area contributed by atoms with Crippen molar-refractivity contribution in [3.8, 4) is 5.75 Å². The van der Waals surface area contributed by atoms with Crippen LogP contribution in [0.2, 0.25) is 0 Å². The lowest BCUT2D eigenvalue weighted by Gasteiger charge is -2.15. The Balaban J connectivity index is 1.85. The molecule has 1 fully saturated rings. The Morgan fingerprint density at radius 1 is 1.18 bits per heavy atom. The summed E-state index contributed by atoms with van der Waals surface area (Å²) >= 11 is 0. The molecule has 1 aliphatic carbocycles. The number of carbonyl (C=O) groups excluding carboxylic acids is 1. The third-order valence-corrected chi connectivity index (χ3v) is 3.89. The van der Waals surface area contributed by atoms with Gasteiger partial charge in [-0.15, -0.1) is 0 Å². The van der Waals surface area contributed by atoms with Gasteiger partial charge in [-0.25, -0.2) is 5.43 Å². The first-order chi connectivity index (χ1) is 10.6. The van der Waals surface area contributed by atoms with Gasteiger partial charge in [0.25, 0.3) is 5.91 Å². The monoisotopic (exact) mass is 300 g/mol. The van der Waals surface area contributed by atoms with Gasteiger partial charge in [0.2, 0.25) is 0 Å². The van der Waals surface area contributed by atoms with E-state index in [1.807, 2.05) is 24.3 Å². The molecule has 1 saturated carbocycles. The van der Waals surface area contributed by atoms with Crippen molar-refractivity contribution >= 4 is 22.6 Å². The smallest absolute Gasteiger partial charge is 0.325 e. The first-order valence-electron chi connectivity index (χ1n) is 6.93. The van der Waals surface area contributed by atoms with Crippen molar-refractivity contribution < 1.29 is 19.4 Å². The van der Waals surface area contributed by atoms with E-state index in [-0.39, 0.29) is 0 Å². The first kappa shape index (κ1) is 14.3. The molecular weight excluding hydrogens is 284 g/mol. The molecule has 0 saturated heterocycles. The van der Waals surface area contributed by atoms with Crippen molar-refractivity contribution in [2.75, 3.05) is 7.11 Å². The van der Waals surface area contributed by atoms with Crippen molar-refractivity contribution in [2.45, 2.75) is 18.4 Å². The second-order valence-corrected chi connectivity index (χ2v) is 5.37. The fraction of sp³-hybridized carbons (Fsp3) is 0.250. The van der Waals surface area contributed by atoms with E-state index in [2.05, 4.69) is 10.9 Å². The van der Waals surface area contributed by atoms with E-state index in [1.54, 1.807) is 12.1 Å². The van der Waals surface area contributed by atoms with Crippen LogP contribution in [0.15, 0.2) is 36.4 Å². The van der Waals surface area contributed by atoms with Gasteiger partial charge in [0, 0.05) is 0 Å². The molecule has 0 atom stereocenters. The van der Waals surface area contributed by atoms with Crippen molar-refractivity contribution in [2.24, 2.45) is 0 Å². The normalized spacial score (nSPS) is 15.3. The van der Waals surface area contributed by atoms with Crippen LogP contribution in [0.4, 0.5) is 0 Å². The van der Waals surface area contributed by atoms with Gasteiger partial charge in [-0.05, 0) is 35.7 Å². The van der Waals surface area contributed by atoms with Crippen LogP contribution in [-0.4, -0.2) is 29.6 Å². The number of amides is 1. The quantitative estimate of drug-likeness (QED) is 0.732. The molecule has 0 unspecified atom stereocenters. The Labute approximate surface area is 127 Å². The predicted octanol–water partition coefficient (Wildman–Crippen LogP) is 1.70. The maximum absolute atomic E-state index is 12.3. The summed E-state index contributed by atoms with van der Waals surface area (Å²) in [4.78, 5) is 23.4. The van der Waals surface area contributed by atoms with E-state index in [1.165, 1.54) is 7.11 Å². The minimum atomic E-state index is -1.03. The molecule has 0 aromatic heterocycles. The van der Waals surface area contributed by atoms with Crippen molar-refractivity contribution in [1.82, 2.24) is 10.9 Å². The molecule has 1 amide bonds. The van der Waals surface area contributed by atoms with Crippen LogP contribution in [0.25, 0.3) is 10.8 Å². The van der Waals surface area contributed by atoms with E-state index in [0.717, 1.165) is 10.8 Å². The van der Waals surface area contributed by atoms with E-state index >= 15 is 0 Å². The first-order valence-corrected chi connectivity index (χ1v) is 6.93. The number of fused-ring (bicyclic) bond motifs is 1. The summed E-state index contributed by atoms with van der Waals surface area (Å²) in [6, 6.07) is 11.1. The summed E-state index contributed by atoms with van der Waals surface area (Å²) in [5.74, 6) is -0.938. The van der Waals surface area contributed by atoms with Gasteiger partial charge >= 0.3 is 5.97 Å². The van der Waals surface area contributed by atoms with Gasteiger partial charge in [-0.3, -0.25) is 15.0 Å². The zero-order chi connectivity index (χ0) is 15.7. The fourth-order valence-corrected chi connectivity index (χ4v) is 2.33. The van der Waals surface area contributed by atoms with Crippen LogP contribution < -0.4 is 15.6 Å². The molecule has 114 valence electrons. The summed E-state index contributed by atoms with van der Waals surface area (Å²) in [7, 11) is 1.49. The summed E-state index contributed by atoms with van der Waals surface area (Å²) in [6.45, 7) is 0. The topological polar surface area (TPSA) is 87.7 Å². The molecular formula is C16H16N2O4. The van der Waals surface area contributed by atoms with Gasteiger partial charge in [0.1, 0.15) is 11.3 Å². The molecule has 0 spiro atoms. The Morgan fingerprint density at radius 3 is 2.36 bits per heavy atom. The molecule has 3 N–H and O–H groups in total. The van der Waals surface area contributed by atoms with Gasteiger partial charge in [-0.1, -0.05) is 24.3 Å². The highest BCUT2D eigenvalue weighted by atomic mass is 16.5. The third kappa shape index (κ3) is 2.48. The summed E-state index contributed by atoms with van der Waals surface area (Å²) in [5, 5.41) is 11.0. The predicted molar refractivity (Wildman–Crippen MR) is 80.7 cm³/mol. The Hall–Kier alpha value is -2.60. The molecule has 1 aliphatic rings. The number of hydrazine groups is 1. The minimum Gasteiger partial charge on any atom is -0.496 e. The van der Waals surface area contributed by atoms with Gasteiger partial charge in [0.15, 0.2) is 0 Å². The van der Waals surface area contributed by atoms with Crippen molar-refractivity contribution in [1.29, 1.82) is 0 Å². The average Bonchev–Trinajstić information content (AvgIpc) is 3.32. The second-order valence-electron chi connectivity index (χ2n) is 5.37. The number of rotatable bonds is 5. The maximum atomic E-state index is 12.3. The van der Waals surface area contributed by atoms with Crippen molar-refractivity contribution in [3.05, 3.63) is 42.0 Å². The van der Waals surface area contributed by atoms with Crippen LogP contribution in [0.1, 0.15) is 23.2 Å². The van der Waals surface area contributed by atoms with E-state index in [0.29, 0.717) is 24.2 Å². The zero-order valence-electron chi connectivity index (χ0n) is 12.1. The molecule has 0 heterocycles. The number of aliphatic carboxylic acids is 1. The van der Waals surface area contributed by atoms with Crippen LogP contribution in [-0.2, 0) is 4.79 Å². The highest BCUT2D eigenvalue weighted by Gasteiger charge is 2.50. The van der Waals surface area contributed by atoms with Gasteiger partial charge in [-0.2, -0.15) is 0 Å². The Morgan fingerprint density at radius 2 is 1.82 bits per heavy atom. The maximum Gasteiger partial charge on any atom is 0.325 e. The summed E-state index contributed by atoms with van der Waals surface area (Å²) in [6.07, 6.45) is 0.995. The lowest BCUT2D eigenvalue weighted by Crippen LogP contribution is -2.50. The zero-order valence-corrected chi connectivity index (χ0v) is 12.1. The van der Waals surface area contributed by atoms with Crippen LogP contribution in [0, 0.1) is 0 Å². The van der Waals surface area contributed by atoms with Crippen LogP contribution in [0.5, 0.6) is 5.75 Å². The largest absolute Gasteiger partial charge is 0.496 e. The SMILES string of the molecule is COc1cc2ccccc2cc1C(=O)NNC1(C(=O)O)CC1. The number of benzene rings is 2. The number of carbonyl (C=O) groups is 2.